The number of hydrogen-bond donors (Lipinski definition) is 1. The van der Waals surface area contributed by atoms with E-state index in [9.17, 15) is 4.39 Å². The van der Waals surface area contributed by atoms with Crippen LogP contribution in [0.4, 0.5) is 16.0 Å². The number of anilines is 2. The molecule has 1 fully saturated rings. The van der Waals surface area contributed by atoms with Crippen molar-refractivity contribution in [1.82, 2.24) is 19.4 Å². The van der Waals surface area contributed by atoms with Crippen LogP contribution in [0.5, 0.6) is 0 Å². The van der Waals surface area contributed by atoms with E-state index in [1.54, 1.807) is 25.3 Å². The smallest absolute Gasteiger partial charge is 0.229 e. The zero-order valence-corrected chi connectivity index (χ0v) is 17.4. The molecule has 0 atom stereocenters. The maximum atomic E-state index is 13.5. The van der Waals surface area contributed by atoms with Crippen molar-refractivity contribution in [3.05, 3.63) is 77.9 Å². The Balaban J connectivity index is 1.38. The minimum Gasteiger partial charge on any atom is -0.379 e. The summed E-state index contributed by atoms with van der Waals surface area (Å²) in [6.45, 7) is 6.23. The Morgan fingerprint density at radius 1 is 1.06 bits per heavy atom. The predicted molar refractivity (Wildman–Crippen MR) is 119 cm³/mol. The van der Waals surface area contributed by atoms with Crippen molar-refractivity contribution in [1.29, 1.82) is 0 Å². The molecule has 1 saturated heterocycles. The molecule has 2 aromatic carbocycles. The Morgan fingerprint density at radius 3 is 2.65 bits per heavy atom. The van der Waals surface area contributed by atoms with Gasteiger partial charge in [0.15, 0.2) is 0 Å². The van der Waals surface area contributed by atoms with Crippen LogP contribution >= 0.6 is 0 Å². The number of hydrogen-bond acceptors (Lipinski definition) is 5. The fourth-order valence-electron chi connectivity index (χ4n) is 3.82. The number of rotatable bonds is 5. The Labute approximate surface area is 180 Å². The molecule has 2 aromatic heterocycles. The predicted octanol–water partition coefficient (Wildman–Crippen LogP) is 4.44. The van der Waals surface area contributed by atoms with Crippen LogP contribution in [-0.4, -0.2) is 45.7 Å². The number of benzene rings is 2. The van der Waals surface area contributed by atoms with Crippen molar-refractivity contribution >= 4 is 22.7 Å². The van der Waals surface area contributed by atoms with Crippen LogP contribution in [0.1, 0.15) is 11.1 Å². The molecule has 3 heterocycles. The fourth-order valence-corrected chi connectivity index (χ4v) is 3.82. The maximum Gasteiger partial charge on any atom is 0.229 e. The number of nitrogens with one attached hydrogen (secondary N) is 1. The van der Waals surface area contributed by atoms with E-state index in [1.165, 1.54) is 11.6 Å². The highest BCUT2D eigenvalue weighted by Gasteiger charge is 2.12. The zero-order chi connectivity index (χ0) is 21.2. The Bertz CT molecular complexity index is 1200. The highest BCUT2D eigenvalue weighted by atomic mass is 19.1. The van der Waals surface area contributed by atoms with Gasteiger partial charge >= 0.3 is 0 Å². The number of aryl methyl sites for hydroxylation is 1. The molecule has 5 rings (SSSR count). The van der Waals surface area contributed by atoms with Crippen molar-refractivity contribution < 1.29 is 9.13 Å². The van der Waals surface area contributed by atoms with E-state index in [1.807, 2.05) is 12.3 Å². The van der Waals surface area contributed by atoms with E-state index in [2.05, 4.69) is 44.0 Å². The van der Waals surface area contributed by atoms with Gasteiger partial charge < -0.3 is 14.6 Å². The van der Waals surface area contributed by atoms with Gasteiger partial charge in [-0.3, -0.25) is 4.90 Å². The Morgan fingerprint density at radius 2 is 1.87 bits per heavy atom. The standard InChI is InChI=1S/C24H24FN5O/c1-17-14-20(4-7-22(17)25)27-24-26-15-19-8-9-30(23(19)28-24)21-5-2-18(3-6-21)16-29-10-12-31-13-11-29/h2-9,14-15H,10-13,16H2,1H3,(H,26,27,28). The van der Waals surface area contributed by atoms with Gasteiger partial charge in [0.1, 0.15) is 11.5 Å². The number of halogens is 1. The molecule has 31 heavy (non-hydrogen) atoms. The van der Waals surface area contributed by atoms with Crippen molar-refractivity contribution in [3.63, 3.8) is 0 Å². The van der Waals surface area contributed by atoms with Crippen molar-refractivity contribution in [2.75, 3.05) is 31.6 Å². The lowest BCUT2D eigenvalue weighted by molar-refractivity contribution is 0.0342. The summed E-state index contributed by atoms with van der Waals surface area (Å²) in [6, 6.07) is 15.4. The van der Waals surface area contributed by atoms with Crippen LogP contribution < -0.4 is 5.32 Å². The third kappa shape index (κ3) is 4.28. The number of fused-ring (bicyclic) bond motifs is 1. The van der Waals surface area contributed by atoms with Crippen molar-refractivity contribution in [3.8, 4) is 5.69 Å². The van der Waals surface area contributed by atoms with Crippen LogP contribution in [0.2, 0.25) is 0 Å². The second kappa shape index (κ2) is 8.45. The molecule has 0 unspecified atom stereocenters. The molecule has 0 spiro atoms. The molecule has 4 aromatic rings. The molecule has 0 bridgehead atoms. The first-order valence-electron chi connectivity index (χ1n) is 10.4. The molecule has 158 valence electrons. The second-order valence-corrected chi connectivity index (χ2v) is 7.80. The second-order valence-electron chi connectivity index (χ2n) is 7.80. The minimum absolute atomic E-state index is 0.229. The molecule has 0 amide bonds. The topological polar surface area (TPSA) is 55.2 Å². The van der Waals surface area contributed by atoms with E-state index in [-0.39, 0.29) is 5.82 Å². The molecule has 0 saturated carbocycles. The molecular formula is C24H24FN5O. The van der Waals surface area contributed by atoms with Crippen LogP contribution in [0, 0.1) is 12.7 Å². The van der Waals surface area contributed by atoms with E-state index < -0.39 is 0 Å². The average Bonchev–Trinajstić information content (AvgIpc) is 3.21. The van der Waals surface area contributed by atoms with Gasteiger partial charge in [-0.1, -0.05) is 12.1 Å². The van der Waals surface area contributed by atoms with E-state index in [4.69, 9.17) is 9.72 Å². The van der Waals surface area contributed by atoms with Gasteiger partial charge in [0, 0.05) is 48.8 Å². The summed E-state index contributed by atoms with van der Waals surface area (Å²) in [5.41, 5.74) is 4.47. The number of ether oxygens (including phenoxy) is 1. The summed E-state index contributed by atoms with van der Waals surface area (Å²) < 4.78 is 21.0. The monoisotopic (exact) mass is 417 g/mol. The van der Waals surface area contributed by atoms with Crippen LogP contribution in [0.25, 0.3) is 16.7 Å². The molecule has 0 radical (unpaired) electrons. The number of morpholine rings is 1. The third-order valence-electron chi connectivity index (χ3n) is 5.57. The van der Waals surface area contributed by atoms with Crippen molar-refractivity contribution in [2.24, 2.45) is 0 Å². The molecular weight excluding hydrogens is 393 g/mol. The number of nitrogens with zero attached hydrogens (tertiary/aromatic N) is 4. The fraction of sp³-hybridized carbons (Fsp3) is 0.250. The molecule has 6 nitrogen and oxygen atoms in total. The van der Waals surface area contributed by atoms with Gasteiger partial charge in [0.25, 0.3) is 0 Å². The van der Waals surface area contributed by atoms with Gasteiger partial charge in [0.05, 0.1) is 13.2 Å². The van der Waals surface area contributed by atoms with Gasteiger partial charge in [-0.25, -0.2) is 9.37 Å². The Kier molecular flexibility index (Phi) is 5.36. The van der Waals surface area contributed by atoms with Crippen LogP contribution in [0.15, 0.2) is 60.9 Å². The summed E-state index contributed by atoms with van der Waals surface area (Å²) in [6.07, 6.45) is 3.80. The van der Waals surface area contributed by atoms with E-state index in [0.717, 1.165) is 55.3 Å². The molecule has 1 aliphatic rings. The quantitative estimate of drug-likeness (QED) is 0.520. The lowest BCUT2D eigenvalue weighted by Crippen LogP contribution is -2.35. The summed E-state index contributed by atoms with van der Waals surface area (Å²) >= 11 is 0. The van der Waals surface area contributed by atoms with Gasteiger partial charge in [-0.2, -0.15) is 4.98 Å². The summed E-state index contributed by atoms with van der Waals surface area (Å²) in [5, 5.41) is 4.13. The maximum absolute atomic E-state index is 13.5. The SMILES string of the molecule is Cc1cc(Nc2ncc3ccn(-c4ccc(CN5CCOCC5)cc4)c3n2)ccc1F. The lowest BCUT2D eigenvalue weighted by Gasteiger charge is -2.26. The lowest BCUT2D eigenvalue weighted by atomic mass is 10.2. The molecule has 1 N–H and O–H groups in total. The van der Waals surface area contributed by atoms with Gasteiger partial charge in [-0.05, 0) is 54.4 Å². The molecule has 1 aliphatic heterocycles. The molecule has 0 aliphatic carbocycles. The molecule has 7 heteroatoms. The highest BCUT2D eigenvalue weighted by molar-refractivity contribution is 5.78. The first-order chi connectivity index (χ1) is 15.2. The minimum atomic E-state index is -0.229. The van der Waals surface area contributed by atoms with E-state index in [0.29, 0.717) is 11.5 Å². The van der Waals surface area contributed by atoms with E-state index >= 15 is 0 Å². The van der Waals surface area contributed by atoms with Crippen LogP contribution in [0.3, 0.4) is 0 Å². The zero-order valence-electron chi connectivity index (χ0n) is 17.4. The summed E-state index contributed by atoms with van der Waals surface area (Å²) in [4.78, 5) is 11.5. The van der Waals surface area contributed by atoms with Gasteiger partial charge in [-0.15, -0.1) is 0 Å². The average molecular weight is 417 g/mol. The summed E-state index contributed by atoms with van der Waals surface area (Å²) in [7, 11) is 0. The first kappa shape index (κ1) is 19.7. The van der Waals surface area contributed by atoms with Gasteiger partial charge in [0.2, 0.25) is 5.95 Å². The largest absolute Gasteiger partial charge is 0.379 e. The normalized spacial score (nSPS) is 14.8. The summed E-state index contributed by atoms with van der Waals surface area (Å²) in [5.74, 6) is 0.246. The third-order valence-corrected chi connectivity index (χ3v) is 5.57. The van der Waals surface area contributed by atoms with Crippen molar-refractivity contribution in [2.45, 2.75) is 13.5 Å². The first-order valence-corrected chi connectivity index (χ1v) is 10.4. The Hall–Kier alpha value is -3.29. The highest BCUT2D eigenvalue weighted by Crippen LogP contribution is 2.22. The number of aromatic nitrogens is 3. The van der Waals surface area contributed by atoms with Crippen LogP contribution in [-0.2, 0) is 11.3 Å².